The Morgan fingerprint density at radius 1 is 1.40 bits per heavy atom. The summed E-state index contributed by atoms with van der Waals surface area (Å²) < 4.78 is 27.7. The molecule has 0 aromatic carbocycles. The molecule has 20 heavy (non-hydrogen) atoms. The van der Waals surface area contributed by atoms with Crippen molar-refractivity contribution in [3.63, 3.8) is 0 Å². The highest BCUT2D eigenvalue weighted by atomic mass is 32.2. The third-order valence-electron chi connectivity index (χ3n) is 4.14. The lowest BCUT2D eigenvalue weighted by Crippen LogP contribution is -2.45. The van der Waals surface area contributed by atoms with Crippen LogP contribution in [0.5, 0.6) is 0 Å². The molecule has 2 atom stereocenters. The molecule has 0 spiro atoms. The van der Waals surface area contributed by atoms with Gasteiger partial charge in [0.1, 0.15) is 4.21 Å². The number of hydrogen-bond donors (Lipinski definition) is 1. The van der Waals surface area contributed by atoms with Crippen LogP contribution in [0, 0.1) is 5.92 Å². The zero-order chi connectivity index (χ0) is 14.8. The van der Waals surface area contributed by atoms with Crippen molar-refractivity contribution in [2.24, 2.45) is 5.92 Å². The van der Waals surface area contributed by atoms with E-state index in [2.05, 4.69) is 12.2 Å². The summed E-state index contributed by atoms with van der Waals surface area (Å²) in [7, 11) is -1.41. The molecule has 0 aliphatic carbocycles. The highest BCUT2D eigenvalue weighted by molar-refractivity contribution is 7.91. The monoisotopic (exact) mass is 316 g/mol. The maximum Gasteiger partial charge on any atom is 0.252 e. The predicted octanol–water partition coefficient (Wildman–Crippen LogP) is 2.32. The van der Waals surface area contributed by atoms with E-state index in [1.807, 2.05) is 20.0 Å². The second kappa shape index (κ2) is 6.56. The van der Waals surface area contributed by atoms with Crippen molar-refractivity contribution in [2.45, 2.75) is 43.4 Å². The minimum absolute atomic E-state index is 0.0941. The fourth-order valence-electron chi connectivity index (χ4n) is 2.63. The van der Waals surface area contributed by atoms with E-state index in [9.17, 15) is 8.42 Å². The Morgan fingerprint density at radius 3 is 2.85 bits per heavy atom. The van der Waals surface area contributed by atoms with E-state index < -0.39 is 10.0 Å². The first kappa shape index (κ1) is 15.9. The number of sulfonamides is 1. The van der Waals surface area contributed by atoms with E-state index >= 15 is 0 Å². The second-order valence-corrected chi connectivity index (χ2v) is 8.84. The average molecular weight is 316 g/mol. The first-order chi connectivity index (χ1) is 9.46. The van der Waals surface area contributed by atoms with Gasteiger partial charge in [0.05, 0.1) is 0 Å². The van der Waals surface area contributed by atoms with Crippen molar-refractivity contribution >= 4 is 21.4 Å². The van der Waals surface area contributed by atoms with Crippen LogP contribution in [0.4, 0.5) is 0 Å². The normalized spacial score (nSPS) is 24.9. The standard InChI is InChI=1S/C14H24N2O2S2/c1-11-5-4-10-16(12(11)2)20(17,18)14-7-6-13(19-14)8-9-15-3/h6-7,11-12,15H,4-5,8-10H2,1-3H3. The molecule has 4 nitrogen and oxygen atoms in total. The Balaban J connectivity index is 2.19. The van der Waals surface area contributed by atoms with Gasteiger partial charge in [-0.1, -0.05) is 6.92 Å². The average Bonchev–Trinajstić information content (AvgIpc) is 2.89. The number of piperidine rings is 1. The van der Waals surface area contributed by atoms with Gasteiger partial charge >= 0.3 is 0 Å². The lowest BCUT2D eigenvalue weighted by atomic mass is 9.94. The van der Waals surface area contributed by atoms with Gasteiger partial charge in [0, 0.05) is 17.5 Å². The fraction of sp³-hybridized carbons (Fsp3) is 0.714. The van der Waals surface area contributed by atoms with Crippen molar-refractivity contribution in [2.75, 3.05) is 20.1 Å². The van der Waals surface area contributed by atoms with Gasteiger partial charge in [0.25, 0.3) is 10.0 Å². The number of likely N-dealkylation sites (N-methyl/N-ethyl adjacent to an activating group) is 1. The van der Waals surface area contributed by atoms with Crippen molar-refractivity contribution in [3.8, 4) is 0 Å². The molecule has 1 aromatic rings. The second-order valence-electron chi connectivity index (χ2n) is 5.55. The zero-order valence-corrected chi connectivity index (χ0v) is 14.1. The summed E-state index contributed by atoms with van der Waals surface area (Å²) in [5.74, 6) is 0.433. The van der Waals surface area contributed by atoms with Gasteiger partial charge < -0.3 is 5.32 Å². The number of nitrogens with zero attached hydrogens (tertiary/aromatic N) is 1. The van der Waals surface area contributed by atoms with E-state index in [1.165, 1.54) is 11.3 Å². The minimum Gasteiger partial charge on any atom is -0.319 e. The summed E-state index contributed by atoms with van der Waals surface area (Å²) in [6.45, 7) is 5.69. The van der Waals surface area contributed by atoms with E-state index in [-0.39, 0.29) is 6.04 Å². The third kappa shape index (κ3) is 3.24. The maximum atomic E-state index is 12.8. The zero-order valence-electron chi connectivity index (χ0n) is 12.4. The molecule has 0 radical (unpaired) electrons. The summed E-state index contributed by atoms with van der Waals surface area (Å²) >= 11 is 1.41. The molecular formula is C14H24N2O2S2. The summed E-state index contributed by atoms with van der Waals surface area (Å²) in [5, 5.41) is 3.09. The molecule has 1 saturated heterocycles. The lowest BCUT2D eigenvalue weighted by Gasteiger charge is -2.36. The Bertz CT molecular complexity index is 539. The fourth-order valence-corrected chi connectivity index (χ4v) is 5.88. The van der Waals surface area contributed by atoms with Crippen molar-refractivity contribution in [3.05, 3.63) is 17.0 Å². The van der Waals surface area contributed by atoms with Crippen LogP contribution in [0.3, 0.4) is 0 Å². The molecule has 2 rings (SSSR count). The van der Waals surface area contributed by atoms with Crippen LogP contribution in [0.2, 0.25) is 0 Å². The number of rotatable bonds is 5. The van der Waals surface area contributed by atoms with Crippen LogP contribution in [0.15, 0.2) is 16.3 Å². The van der Waals surface area contributed by atoms with Gasteiger partial charge in [-0.15, -0.1) is 11.3 Å². The Morgan fingerprint density at radius 2 is 2.15 bits per heavy atom. The first-order valence-electron chi connectivity index (χ1n) is 7.22. The summed E-state index contributed by atoms with van der Waals surface area (Å²) in [6, 6.07) is 3.79. The SMILES string of the molecule is CNCCc1ccc(S(=O)(=O)N2CCCC(C)C2C)s1. The molecule has 1 aliphatic rings. The smallest absolute Gasteiger partial charge is 0.252 e. The molecule has 2 unspecified atom stereocenters. The highest BCUT2D eigenvalue weighted by Crippen LogP contribution is 2.31. The van der Waals surface area contributed by atoms with Crippen molar-refractivity contribution in [1.29, 1.82) is 0 Å². The quantitative estimate of drug-likeness (QED) is 0.907. The summed E-state index contributed by atoms with van der Waals surface area (Å²) in [6.07, 6.45) is 2.95. The van der Waals surface area contributed by atoms with E-state index in [1.54, 1.807) is 10.4 Å². The van der Waals surface area contributed by atoms with Crippen molar-refractivity contribution < 1.29 is 8.42 Å². The van der Waals surface area contributed by atoms with E-state index in [4.69, 9.17) is 0 Å². The van der Waals surface area contributed by atoms with Crippen LogP contribution in [0.1, 0.15) is 31.6 Å². The Kier molecular flexibility index (Phi) is 5.23. The summed E-state index contributed by atoms with van der Waals surface area (Å²) in [4.78, 5) is 1.12. The van der Waals surface area contributed by atoms with Gasteiger partial charge in [0.2, 0.25) is 0 Å². The Hall–Kier alpha value is -0.430. The van der Waals surface area contributed by atoms with E-state index in [0.717, 1.165) is 30.7 Å². The molecule has 0 bridgehead atoms. The van der Waals surface area contributed by atoms with Gasteiger partial charge in [-0.05, 0) is 57.8 Å². The molecule has 0 saturated carbocycles. The van der Waals surface area contributed by atoms with Crippen molar-refractivity contribution in [1.82, 2.24) is 9.62 Å². The molecule has 1 aromatic heterocycles. The number of hydrogen-bond acceptors (Lipinski definition) is 4. The summed E-state index contributed by atoms with van der Waals surface area (Å²) in [5.41, 5.74) is 0. The molecule has 2 heterocycles. The molecule has 1 fully saturated rings. The molecular weight excluding hydrogens is 292 g/mol. The molecule has 1 aliphatic heterocycles. The number of nitrogens with one attached hydrogen (secondary N) is 1. The molecule has 114 valence electrons. The van der Waals surface area contributed by atoms with E-state index in [0.29, 0.717) is 16.7 Å². The highest BCUT2D eigenvalue weighted by Gasteiger charge is 2.35. The Labute approximate surface area is 126 Å². The van der Waals surface area contributed by atoms with Crippen LogP contribution in [-0.2, 0) is 16.4 Å². The molecule has 0 amide bonds. The van der Waals surface area contributed by atoms with Crippen LogP contribution in [0.25, 0.3) is 0 Å². The molecule has 6 heteroatoms. The van der Waals surface area contributed by atoms with Gasteiger partial charge in [-0.3, -0.25) is 0 Å². The minimum atomic E-state index is -3.32. The van der Waals surface area contributed by atoms with Gasteiger partial charge in [-0.25, -0.2) is 8.42 Å². The van der Waals surface area contributed by atoms with Crippen LogP contribution in [-0.4, -0.2) is 38.9 Å². The largest absolute Gasteiger partial charge is 0.319 e. The van der Waals surface area contributed by atoms with Crippen LogP contribution < -0.4 is 5.32 Å². The maximum absolute atomic E-state index is 12.8. The van der Waals surface area contributed by atoms with Gasteiger partial charge in [0.15, 0.2) is 0 Å². The third-order valence-corrected chi connectivity index (χ3v) is 7.74. The number of thiophene rings is 1. The molecule has 1 N–H and O–H groups in total. The van der Waals surface area contributed by atoms with Gasteiger partial charge in [-0.2, -0.15) is 4.31 Å². The lowest BCUT2D eigenvalue weighted by molar-refractivity contribution is 0.202. The van der Waals surface area contributed by atoms with Crippen LogP contribution >= 0.6 is 11.3 Å². The predicted molar refractivity (Wildman–Crippen MR) is 83.7 cm³/mol. The first-order valence-corrected chi connectivity index (χ1v) is 9.47. The topological polar surface area (TPSA) is 49.4 Å².